The molecule has 17 heavy (non-hydrogen) atoms. The highest BCUT2D eigenvalue weighted by molar-refractivity contribution is 5.31. The molecule has 0 aromatic carbocycles. The third-order valence-electron chi connectivity index (χ3n) is 3.93. The highest BCUT2D eigenvalue weighted by Gasteiger charge is 2.18. The van der Waals surface area contributed by atoms with Gasteiger partial charge in [-0.1, -0.05) is 44.2 Å². The largest absolute Gasteiger partial charge is 0.306 e. The summed E-state index contributed by atoms with van der Waals surface area (Å²) in [5.74, 6) is 0.886. The summed E-state index contributed by atoms with van der Waals surface area (Å²) in [7, 11) is 2.23. The van der Waals surface area contributed by atoms with E-state index >= 15 is 0 Å². The summed E-state index contributed by atoms with van der Waals surface area (Å²) in [6, 6.07) is 0. The number of hydrogen-bond donors (Lipinski definition) is 0. The minimum atomic E-state index is 0.213. The Hall–Kier alpha value is -0.820. The molecule has 0 radical (unpaired) electrons. The van der Waals surface area contributed by atoms with Crippen LogP contribution in [0.1, 0.15) is 33.1 Å². The monoisotopic (exact) mass is 231 g/mol. The molecule has 2 rings (SSSR count). The lowest BCUT2D eigenvalue weighted by atomic mass is 9.89. The number of allylic oxidation sites excluding steroid dienone is 6. The Morgan fingerprint density at radius 2 is 1.94 bits per heavy atom. The highest BCUT2D eigenvalue weighted by atomic mass is 15.1. The van der Waals surface area contributed by atoms with Crippen LogP contribution in [0.15, 0.2) is 36.0 Å². The van der Waals surface area contributed by atoms with Crippen molar-refractivity contribution >= 4 is 0 Å². The standard InChI is InChI=1S/C16H25N/c1-16(2)9-4-5-14(6-10-16)13-15-7-11-17(3)12-8-15/h4-6,9-10,15H,7-8,11-13H2,1-3H3. The summed E-state index contributed by atoms with van der Waals surface area (Å²) in [5.41, 5.74) is 1.71. The number of likely N-dealkylation sites (tertiary alicyclic amines) is 1. The zero-order valence-corrected chi connectivity index (χ0v) is 11.4. The van der Waals surface area contributed by atoms with Gasteiger partial charge in [0.25, 0.3) is 0 Å². The molecule has 1 saturated heterocycles. The first kappa shape index (κ1) is 12.6. The third kappa shape index (κ3) is 3.85. The molecule has 0 unspecified atom stereocenters. The fourth-order valence-electron chi connectivity index (χ4n) is 2.59. The van der Waals surface area contributed by atoms with Gasteiger partial charge in [0.2, 0.25) is 0 Å². The molecule has 0 N–H and O–H groups in total. The maximum atomic E-state index is 2.44. The first-order valence-corrected chi connectivity index (χ1v) is 6.81. The van der Waals surface area contributed by atoms with Crippen LogP contribution in [0.25, 0.3) is 0 Å². The van der Waals surface area contributed by atoms with Crippen molar-refractivity contribution in [3.63, 3.8) is 0 Å². The molecule has 1 fully saturated rings. The smallest absolute Gasteiger partial charge is 0.00107 e. The summed E-state index contributed by atoms with van der Waals surface area (Å²) in [6.45, 7) is 7.05. The lowest BCUT2D eigenvalue weighted by Gasteiger charge is -2.29. The quantitative estimate of drug-likeness (QED) is 0.699. The molecule has 0 aromatic rings. The Morgan fingerprint density at radius 3 is 2.65 bits per heavy atom. The van der Waals surface area contributed by atoms with Crippen molar-refractivity contribution < 1.29 is 0 Å². The van der Waals surface area contributed by atoms with Gasteiger partial charge in [0.05, 0.1) is 0 Å². The summed E-state index contributed by atoms with van der Waals surface area (Å²) in [5, 5.41) is 0. The molecule has 1 heteroatoms. The molecule has 1 aliphatic heterocycles. The molecule has 0 spiro atoms. The predicted molar refractivity (Wildman–Crippen MR) is 75.0 cm³/mol. The Balaban J connectivity index is 1.92. The van der Waals surface area contributed by atoms with Crippen LogP contribution in [0.3, 0.4) is 0 Å². The van der Waals surface area contributed by atoms with Crippen molar-refractivity contribution in [1.82, 2.24) is 4.90 Å². The molecule has 0 saturated carbocycles. The first-order valence-electron chi connectivity index (χ1n) is 6.81. The van der Waals surface area contributed by atoms with Gasteiger partial charge in [-0.2, -0.15) is 0 Å². The van der Waals surface area contributed by atoms with Crippen molar-refractivity contribution in [1.29, 1.82) is 0 Å². The second kappa shape index (κ2) is 5.22. The van der Waals surface area contributed by atoms with Crippen molar-refractivity contribution in [2.45, 2.75) is 33.1 Å². The minimum absolute atomic E-state index is 0.213. The van der Waals surface area contributed by atoms with E-state index in [4.69, 9.17) is 0 Å². The summed E-state index contributed by atoms with van der Waals surface area (Å²) in [6.07, 6.45) is 15.4. The highest BCUT2D eigenvalue weighted by Crippen LogP contribution is 2.28. The van der Waals surface area contributed by atoms with E-state index in [9.17, 15) is 0 Å². The lowest BCUT2D eigenvalue weighted by Crippen LogP contribution is -2.30. The Labute approximate surface area is 106 Å². The molecule has 1 aliphatic carbocycles. The van der Waals surface area contributed by atoms with Gasteiger partial charge >= 0.3 is 0 Å². The van der Waals surface area contributed by atoms with Gasteiger partial charge in [-0.05, 0) is 50.9 Å². The molecular formula is C16H25N. The van der Waals surface area contributed by atoms with Crippen molar-refractivity contribution in [3.8, 4) is 0 Å². The van der Waals surface area contributed by atoms with E-state index in [1.54, 1.807) is 0 Å². The van der Waals surface area contributed by atoms with E-state index in [0.29, 0.717) is 0 Å². The molecule has 1 heterocycles. The second-order valence-electron chi connectivity index (χ2n) is 6.21. The summed E-state index contributed by atoms with van der Waals surface area (Å²) >= 11 is 0. The van der Waals surface area contributed by atoms with Crippen molar-refractivity contribution in [3.05, 3.63) is 36.0 Å². The predicted octanol–water partition coefficient (Wildman–Crippen LogP) is 3.80. The van der Waals surface area contributed by atoms with E-state index in [-0.39, 0.29) is 5.41 Å². The van der Waals surface area contributed by atoms with Crippen LogP contribution in [-0.2, 0) is 0 Å². The molecule has 1 nitrogen and oxygen atoms in total. The topological polar surface area (TPSA) is 3.24 Å². The van der Waals surface area contributed by atoms with E-state index in [1.807, 2.05) is 0 Å². The number of piperidine rings is 1. The Kier molecular flexibility index (Phi) is 3.88. The lowest BCUT2D eigenvalue weighted by molar-refractivity contribution is 0.219. The van der Waals surface area contributed by atoms with Crippen molar-refractivity contribution in [2.75, 3.05) is 20.1 Å². The first-order chi connectivity index (χ1) is 8.05. The average Bonchev–Trinajstić information content (AvgIpc) is 2.44. The molecular weight excluding hydrogens is 206 g/mol. The van der Waals surface area contributed by atoms with Crippen LogP contribution in [0.5, 0.6) is 0 Å². The zero-order chi connectivity index (χ0) is 12.3. The Morgan fingerprint density at radius 1 is 1.24 bits per heavy atom. The molecule has 0 aromatic heterocycles. The summed E-state index contributed by atoms with van der Waals surface area (Å²) < 4.78 is 0. The van der Waals surface area contributed by atoms with E-state index in [1.165, 1.54) is 37.9 Å². The van der Waals surface area contributed by atoms with Gasteiger partial charge < -0.3 is 4.90 Å². The van der Waals surface area contributed by atoms with Gasteiger partial charge in [-0.15, -0.1) is 0 Å². The zero-order valence-electron chi connectivity index (χ0n) is 11.4. The van der Waals surface area contributed by atoms with Gasteiger partial charge in [-0.25, -0.2) is 0 Å². The van der Waals surface area contributed by atoms with Crippen molar-refractivity contribution in [2.24, 2.45) is 11.3 Å². The molecule has 2 aliphatic rings. The van der Waals surface area contributed by atoms with Gasteiger partial charge in [0.1, 0.15) is 0 Å². The number of rotatable bonds is 2. The average molecular weight is 231 g/mol. The molecule has 0 amide bonds. The van der Waals surface area contributed by atoms with Crippen LogP contribution in [0.2, 0.25) is 0 Å². The molecule has 0 bridgehead atoms. The second-order valence-corrected chi connectivity index (χ2v) is 6.21. The fourth-order valence-corrected chi connectivity index (χ4v) is 2.59. The van der Waals surface area contributed by atoms with Gasteiger partial charge in [0.15, 0.2) is 0 Å². The summed E-state index contributed by atoms with van der Waals surface area (Å²) in [4.78, 5) is 2.44. The number of nitrogens with zero attached hydrogens (tertiary/aromatic N) is 1. The Bertz CT molecular complexity index is 339. The molecule has 0 atom stereocenters. The van der Waals surface area contributed by atoms with E-state index < -0.39 is 0 Å². The normalized spacial score (nSPS) is 25.7. The van der Waals surface area contributed by atoms with Crippen LogP contribution in [0, 0.1) is 11.3 Å². The van der Waals surface area contributed by atoms with Crippen LogP contribution >= 0.6 is 0 Å². The third-order valence-corrected chi connectivity index (χ3v) is 3.93. The van der Waals surface area contributed by atoms with Crippen LogP contribution in [-0.4, -0.2) is 25.0 Å². The van der Waals surface area contributed by atoms with Gasteiger partial charge in [0, 0.05) is 5.41 Å². The minimum Gasteiger partial charge on any atom is -0.306 e. The van der Waals surface area contributed by atoms with E-state index in [2.05, 4.69) is 56.2 Å². The van der Waals surface area contributed by atoms with Crippen LogP contribution in [0.4, 0.5) is 0 Å². The van der Waals surface area contributed by atoms with Gasteiger partial charge in [-0.3, -0.25) is 0 Å². The fraction of sp³-hybridized carbons (Fsp3) is 0.625. The molecule has 94 valence electrons. The van der Waals surface area contributed by atoms with E-state index in [0.717, 1.165) is 5.92 Å². The maximum Gasteiger partial charge on any atom is 0.00107 e. The number of hydrogen-bond acceptors (Lipinski definition) is 1. The van der Waals surface area contributed by atoms with Crippen LogP contribution < -0.4 is 0 Å². The maximum absolute atomic E-state index is 2.44. The SMILES string of the molecule is CN1CCC(CC2=CC=CC(C)(C)C=C2)CC1.